The van der Waals surface area contributed by atoms with Crippen molar-refractivity contribution in [3.63, 3.8) is 0 Å². The summed E-state index contributed by atoms with van der Waals surface area (Å²) < 4.78 is 2.29. The Labute approximate surface area is 186 Å². The molecule has 31 heavy (non-hydrogen) atoms. The van der Waals surface area contributed by atoms with Crippen LogP contribution in [0.5, 0.6) is 0 Å². The van der Waals surface area contributed by atoms with Crippen molar-refractivity contribution in [1.82, 2.24) is 14.8 Å². The zero-order chi connectivity index (χ0) is 21.0. The summed E-state index contributed by atoms with van der Waals surface area (Å²) in [6, 6.07) is 29.0. The van der Waals surface area contributed by atoms with Crippen LogP contribution in [0.2, 0.25) is 0 Å². The molecule has 5 rings (SSSR count). The number of benzene rings is 3. The summed E-state index contributed by atoms with van der Waals surface area (Å²) in [6.07, 6.45) is 2.42. The highest BCUT2D eigenvalue weighted by molar-refractivity contribution is 7.98. The van der Waals surface area contributed by atoms with Gasteiger partial charge in [0.2, 0.25) is 0 Å². The SMILES string of the molecule is N#Cc1ccccc1-c1ccc(CSc2nnc(C3CC3)n2Cc2ccccc2)cc1. The van der Waals surface area contributed by atoms with Crippen molar-refractivity contribution in [2.45, 2.75) is 36.2 Å². The highest BCUT2D eigenvalue weighted by atomic mass is 32.2. The van der Waals surface area contributed by atoms with Gasteiger partial charge in [0.15, 0.2) is 5.16 Å². The van der Waals surface area contributed by atoms with Crippen LogP contribution >= 0.6 is 11.8 Å². The molecule has 152 valence electrons. The number of thioether (sulfide) groups is 1. The first-order valence-corrected chi connectivity index (χ1v) is 11.5. The van der Waals surface area contributed by atoms with Crippen molar-refractivity contribution in [2.75, 3.05) is 0 Å². The fourth-order valence-electron chi connectivity index (χ4n) is 3.73. The van der Waals surface area contributed by atoms with Crippen molar-refractivity contribution >= 4 is 11.8 Å². The van der Waals surface area contributed by atoms with Crippen LogP contribution in [0.4, 0.5) is 0 Å². The molecule has 1 aliphatic rings. The van der Waals surface area contributed by atoms with Crippen LogP contribution in [0.3, 0.4) is 0 Å². The van der Waals surface area contributed by atoms with Gasteiger partial charge in [-0.25, -0.2) is 0 Å². The van der Waals surface area contributed by atoms with E-state index < -0.39 is 0 Å². The molecule has 0 N–H and O–H groups in total. The molecule has 0 amide bonds. The third-order valence-corrected chi connectivity index (χ3v) is 6.59. The summed E-state index contributed by atoms with van der Waals surface area (Å²) >= 11 is 1.73. The van der Waals surface area contributed by atoms with Crippen LogP contribution in [-0.4, -0.2) is 14.8 Å². The second kappa shape index (κ2) is 8.79. The van der Waals surface area contributed by atoms with E-state index in [1.54, 1.807) is 11.8 Å². The maximum absolute atomic E-state index is 9.35. The van der Waals surface area contributed by atoms with E-state index in [2.05, 4.69) is 69.4 Å². The van der Waals surface area contributed by atoms with Crippen molar-refractivity contribution in [1.29, 1.82) is 5.26 Å². The molecule has 0 bridgehead atoms. The largest absolute Gasteiger partial charge is 0.301 e. The maximum atomic E-state index is 9.35. The third-order valence-electron chi connectivity index (χ3n) is 5.55. The van der Waals surface area contributed by atoms with Gasteiger partial charge in [0.05, 0.1) is 18.2 Å². The molecule has 1 aliphatic carbocycles. The smallest absolute Gasteiger partial charge is 0.191 e. The first-order valence-electron chi connectivity index (χ1n) is 10.5. The van der Waals surface area contributed by atoms with Gasteiger partial charge in [-0.2, -0.15) is 5.26 Å². The molecular formula is C26H22N4S. The Morgan fingerprint density at radius 3 is 2.35 bits per heavy atom. The second-order valence-corrected chi connectivity index (χ2v) is 8.77. The average molecular weight is 423 g/mol. The third kappa shape index (κ3) is 4.40. The van der Waals surface area contributed by atoms with Gasteiger partial charge in [0, 0.05) is 11.7 Å². The molecule has 0 radical (unpaired) electrons. The number of nitriles is 1. The summed E-state index contributed by atoms with van der Waals surface area (Å²) in [6.45, 7) is 0.811. The van der Waals surface area contributed by atoms with Gasteiger partial charge in [0.1, 0.15) is 5.82 Å². The van der Waals surface area contributed by atoms with E-state index >= 15 is 0 Å². The lowest BCUT2D eigenvalue weighted by molar-refractivity contribution is 0.667. The van der Waals surface area contributed by atoms with Gasteiger partial charge in [-0.15, -0.1) is 10.2 Å². The summed E-state index contributed by atoms with van der Waals surface area (Å²) in [5, 5.41) is 19.4. The second-order valence-electron chi connectivity index (χ2n) is 7.83. The van der Waals surface area contributed by atoms with Crippen LogP contribution in [-0.2, 0) is 12.3 Å². The van der Waals surface area contributed by atoms with E-state index in [-0.39, 0.29) is 0 Å². The Bertz CT molecular complexity index is 1220. The molecule has 3 aromatic carbocycles. The van der Waals surface area contributed by atoms with Crippen LogP contribution in [0.15, 0.2) is 84.0 Å². The molecular weight excluding hydrogens is 400 g/mol. The fourth-order valence-corrected chi connectivity index (χ4v) is 4.63. The summed E-state index contributed by atoms with van der Waals surface area (Å²) in [5.41, 5.74) is 5.23. The molecule has 1 fully saturated rings. The highest BCUT2D eigenvalue weighted by Gasteiger charge is 2.30. The number of rotatable bonds is 7. The van der Waals surface area contributed by atoms with E-state index in [4.69, 9.17) is 0 Å². The normalized spacial score (nSPS) is 13.1. The minimum absolute atomic E-state index is 0.560. The molecule has 4 aromatic rings. The summed E-state index contributed by atoms with van der Waals surface area (Å²) in [4.78, 5) is 0. The predicted octanol–water partition coefficient (Wildman–Crippen LogP) is 6.03. The number of nitrogens with zero attached hydrogens (tertiary/aromatic N) is 4. The molecule has 0 atom stereocenters. The van der Waals surface area contributed by atoms with E-state index in [1.807, 2.05) is 30.3 Å². The van der Waals surface area contributed by atoms with Crippen LogP contribution < -0.4 is 0 Å². The molecule has 4 nitrogen and oxygen atoms in total. The molecule has 0 unspecified atom stereocenters. The lowest BCUT2D eigenvalue weighted by Gasteiger charge is -2.10. The number of hydrogen-bond acceptors (Lipinski definition) is 4. The summed E-state index contributed by atoms with van der Waals surface area (Å²) in [7, 11) is 0. The van der Waals surface area contributed by atoms with Gasteiger partial charge in [-0.3, -0.25) is 0 Å². The first kappa shape index (κ1) is 19.6. The van der Waals surface area contributed by atoms with E-state index in [1.165, 1.54) is 24.0 Å². The maximum Gasteiger partial charge on any atom is 0.191 e. The van der Waals surface area contributed by atoms with Crippen LogP contribution in [0.25, 0.3) is 11.1 Å². The molecule has 5 heteroatoms. The minimum atomic E-state index is 0.560. The monoisotopic (exact) mass is 422 g/mol. The van der Waals surface area contributed by atoms with Crippen molar-refractivity contribution < 1.29 is 0 Å². The Kier molecular flexibility index (Phi) is 5.56. The molecule has 0 spiro atoms. The Morgan fingerprint density at radius 2 is 1.61 bits per heavy atom. The Hall–Kier alpha value is -3.36. The molecule has 0 saturated heterocycles. The lowest BCUT2D eigenvalue weighted by atomic mass is 10.00. The van der Waals surface area contributed by atoms with Crippen molar-refractivity contribution in [2.24, 2.45) is 0 Å². The van der Waals surface area contributed by atoms with Gasteiger partial charge in [-0.05, 0) is 41.2 Å². The summed E-state index contributed by atoms with van der Waals surface area (Å²) in [5.74, 6) is 2.51. The number of hydrogen-bond donors (Lipinski definition) is 0. The van der Waals surface area contributed by atoms with E-state index in [0.717, 1.165) is 34.4 Å². The van der Waals surface area contributed by atoms with Gasteiger partial charge in [-0.1, -0.05) is 84.6 Å². The van der Waals surface area contributed by atoms with E-state index in [9.17, 15) is 5.26 Å². The molecule has 1 heterocycles. The molecule has 0 aliphatic heterocycles. The topological polar surface area (TPSA) is 54.5 Å². The molecule has 1 saturated carbocycles. The highest BCUT2D eigenvalue weighted by Crippen LogP contribution is 2.40. The minimum Gasteiger partial charge on any atom is -0.301 e. The van der Waals surface area contributed by atoms with Crippen LogP contribution in [0.1, 0.15) is 41.3 Å². The van der Waals surface area contributed by atoms with Gasteiger partial charge in [0.25, 0.3) is 0 Å². The number of aromatic nitrogens is 3. The Balaban J connectivity index is 1.33. The van der Waals surface area contributed by atoms with Crippen LogP contribution in [0, 0.1) is 11.3 Å². The van der Waals surface area contributed by atoms with Gasteiger partial charge < -0.3 is 4.57 Å². The zero-order valence-electron chi connectivity index (χ0n) is 17.1. The Morgan fingerprint density at radius 1 is 0.871 bits per heavy atom. The van der Waals surface area contributed by atoms with Crippen molar-refractivity contribution in [3.05, 3.63) is 101 Å². The predicted molar refractivity (Wildman–Crippen MR) is 124 cm³/mol. The van der Waals surface area contributed by atoms with E-state index in [0.29, 0.717) is 11.5 Å². The van der Waals surface area contributed by atoms with Gasteiger partial charge >= 0.3 is 0 Å². The lowest BCUT2D eigenvalue weighted by Crippen LogP contribution is -2.06. The standard InChI is InChI=1S/C26H22N4S/c27-16-23-8-4-5-9-24(23)21-12-10-20(11-13-21)18-31-26-29-28-25(22-14-15-22)30(26)17-19-6-2-1-3-7-19/h1-13,22H,14-15,17-18H2. The average Bonchev–Trinajstić information content (AvgIpc) is 3.60. The molecule has 1 aromatic heterocycles. The first-order chi connectivity index (χ1) is 15.3. The van der Waals surface area contributed by atoms with Crippen molar-refractivity contribution in [3.8, 4) is 17.2 Å². The quantitative estimate of drug-likeness (QED) is 0.341. The zero-order valence-corrected chi connectivity index (χ0v) is 17.9. The fraction of sp³-hybridized carbons (Fsp3) is 0.192.